The van der Waals surface area contributed by atoms with Crippen molar-refractivity contribution < 1.29 is 0 Å². The minimum absolute atomic E-state index is 0.935. The first-order chi connectivity index (χ1) is 28.8. The largest absolute Gasteiger partial charge is 0.313 e. The van der Waals surface area contributed by atoms with Crippen LogP contribution in [-0.4, -0.2) is 0 Å². The number of hydrogen-bond acceptors (Lipinski definition) is 3. The average molecular weight is 769 g/mol. The molecule has 58 heavy (non-hydrogen) atoms. The summed E-state index contributed by atoms with van der Waals surface area (Å²) in [5, 5.41) is 0. The molecule has 0 N–H and O–H groups in total. The van der Waals surface area contributed by atoms with E-state index in [4.69, 9.17) is 0 Å². The highest BCUT2D eigenvalue weighted by Crippen LogP contribution is 2.53. The highest BCUT2D eigenvalue weighted by atomic mass is 32.1. The van der Waals surface area contributed by atoms with Gasteiger partial charge in [0, 0.05) is 43.7 Å². The molecule has 3 aromatic carbocycles. The van der Waals surface area contributed by atoms with Crippen LogP contribution in [-0.2, 0) is 12.8 Å². The Morgan fingerprint density at radius 3 is 2.09 bits per heavy atom. The molecule has 0 bridgehead atoms. The van der Waals surface area contributed by atoms with Gasteiger partial charge in [0.25, 0.3) is 0 Å². The van der Waals surface area contributed by atoms with Gasteiger partial charge in [-0.15, -0.1) is 11.3 Å². The van der Waals surface area contributed by atoms with E-state index in [1.807, 2.05) is 11.3 Å². The normalized spacial score (nSPS) is 17.9. The molecule has 4 aromatic rings. The predicted octanol–water partition coefficient (Wildman–Crippen LogP) is 15.3. The second-order valence-electron chi connectivity index (χ2n) is 15.6. The molecule has 0 fully saturated rings. The smallest absolute Gasteiger partial charge is 0.0610 e. The van der Waals surface area contributed by atoms with Crippen LogP contribution in [0.4, 0.5) is 22.7 Å². The number of rotatable bonds is 8. The maximum absolute atomic E-state index is 2.60. The fourth-order valence-corrected chi connectivity index (χ4v) is 10.3. The van der Waals surface area contributed by atoms with Crippen molar-refractivity contribution in [2.75, 3.05) is 9.80 Å². The van der Waals surface area contributed by atoms with Gasteiger partial charge in [0.05, 0.1) is 11.4 Å². The summed E-state index contributed by atoms with van der Waals surface area (Å²) < 4.78 is 0. The Kier molecular flexibility index (Phi) is 10.2. The number of allylic oxidation sites excluding steroid dienone is 21. The summed E-state index contributed by atoms with van der Waals surface area (Å²) in [7, 11) is 0. The summed E-state index contributed by atoms with van der Waals surface area (Å²) in [6, 6.07) is 26.8. The molecule has 6 aliphatic rings. The van der Waals surface area contributed by atoms with Crippen molar-refractivity contribution in [3.8, 4) is 0 Å². The summed E-state index contributed by atoms with van der Waals surface area (Å²) in [4.78, 5) is 7.84. The van der Waals surface area contributed by atoms with Crippen LogP contribution in [0.2, 0.25) is 0 Å². The Morgan fingerprint density at radius 2 is 1.24 bits per heavy atom. The highest BCUT2D eigenvalue weighted by Gasteiger charge is 2.33. The van der Waals surface area contributed by atoms with Crippen LogP contribution < -0.4 is 9.80 Å². The molecule has 0 saturated heterocycles. The Bertz CT molecular complexity index is 2620. The number of anilines is 4. The van der Waals surface area contributed by atoms with Crippen LogP contribution in [0.5, 0.6) is 0 Å². The third-order valence-electron chi connectivity index (χ3n) is 12.0. The molecule has 0 aliphatic heterocycles. The lowest BCUT2D eigenvalue weighted by molar-refractivity contribution is 0.902. The van der Waals surface area contributed by atoms with E-state index in [2.05, 4.69) is 192 Å². The van der Waals surface area contributed by atoms with Crippen molar-refractivity contribution in [2.45, 2.75) is 57.8 Å². The zero-order chi connectivity index (χ0) is 38.7. The van der Waals surface area contributed by atoms with Crippen LogP contribution >= 0.6 is 11.3 Å². The maximum Gasteiger partial charge on any atom is 0.0610 e. The van der Waals surface area contributed by atoms with Crippen LogP contribution in [0, 0.1) is 0 Å². The number of thiophene rings is 1. The monoisotopic (exact) mass is 768 g/mol. The van der Waals surface area contributed by atoms with E-state index in [-0.39, 0.29) is 0 Å². The Balaban J connectivity index is 1.21. The van der Waals surface area contributed by atoms with Crippen molar-refractivity contribution in [3.05, 3.63) is 225 Å². The number of benzene rings is 3. The van der Waals surface area contributed by atoms with E-state index >= 15 is 0 Å². The van der Waals surface area contributed by atoms with Gasteiger partial charge in [-0.25, -0.2) is 0 Å². The topological polar surface area (TPSA) is 6.48 Å². The number of fused-ring (bicyclic) bond motifs is 3. The number of para-hydroxylation sites is 2. The molecule has 10 rings (SSSR count). The van der Waals surface area contributed by atoms with Crippen LogP contribution in [0.3, 0.4) is 0 Å². The molecular weight excluding hydrogens is 721 g/mol. The van der Waals surface area contributed by atoms with Gasteiger partial charge < -0.3 is 9.80 Å². The molecule has 6 aliphatic carbocycles. The molecule has 0 unspecified atom stereocenters. The standard InChI is InChI=1S/C55H48N2S/c1-2-10-25-44(24-9-1)56(45-26-11-4-12-27-45)54-48-32-17-18-33-49(48)55(57(46-28-13-5-14-29-46)47-30-15-6-16-31-47)51-39-43(34-35-50(51)54)53-37-36-52(58-53)42-23-19-22-40-20-7-3-8-21-41(40)38-42/h1,3-6,8-15,18-21,23-30,33,36-39H,2,7,16-17,22,31-32,34-35H2. The fraction of sp³-hybridized carbons (Fsp3) is 0.164. The minimum atomic E-state index is 0.935. The van der Waals surface area contributed by atoms with Crippen molar-refractivity contribution in [1.82, 2.24) is 0 Å². The molecule has 3 heteroatoms. The Hall–Kier alpha value is -6.16. The van der Waals surface area contributed by atoms with Gasteiger partial charge in [-0.3, -0.25) is 0 Å². The predicted molar refractivity (Wildman–Crippen MR) is 251 cm³/mol. The summed E-state index contributed by atoms with van der Waals surface area (Å²) in [5.74, 6) is 0. The lowest BCUT2D eigenvalue weighted by Crippen LogP contribution is -2.25. The van der Waals surface area contributed by atoms with E-state index in [0.29, 0.717) is 0 Å². The lowest BCUT2D eigenvalue weighted by Gasteiger charge is -2.39. The molecule has 0 atom stereocenters. The minimum Gasteiger partial charge on any atom is -0.313 e. The SMILES string of the molecule is C1=CCC=CC(N(c2ccccc2)c2c3c(c(N(C4=CC=CCC4)c4ccccc4)c4c2CCC(c2ccc(C5=CC6=CC=CCC=C6CC=C5)s2)=C4)C=CCC3)=C1. The van der Waals surface area contributed by atoms with Crippen molar-refractivity contribution in [2.24, 2.45) is 0 Å². The van der Waals surface area contributed by atoms with E-state index < -0.39 is 0 Å². The number of hydrogen-bond donors (Lipinski definition) is 0. The second-order valence-corrected chi connectivity index (χ2v) is 16.7. The first-order valence-corrected chi connectivity index (χ1v) is 21.8. The lowest BCUT2D eigenvalue weighted by atomic mass is 9.80. The molecule has 0 saturated carbocycles. The van der Waals surface area contributed by atoms with Gasteiger partial charge in [-0.2, -0.15) is 0 Å². The van der Waals surface area contributed by atoms with Gasteiger partial charge in [-0.1, -0.05) is 115 Å². The van der Waals surface area contributed by atoms with Crippen LogP contribution in [0.25, 0.3) is 23.3 Å². The zero-order valence-corrected chi connectivity index (χ0v) is 33.8. The first-order valence-electron chi connectivity index (χ1n) is 21.0. The van der Waals surface area contributed by atoms with Crippen molar-refractivity contribution >= 4 is 57.4 Å². The summed E-state index contributed by atoms with van der Waals surface area (Å²) >= 11 is 1.94. The van der Waals surface area contributed by atoms with Crippen molar-refractivity contribution in [1.29, 1.82) is 0 Å². The fourth-order valence-electron chi connectivity index (χ4n) is 9.22. The molecule has 2 nitrogen and oxygen atoms in total. The summed E-state index contributed by atoms with van der Waals surface area (Å²) in [6.07, 6.45) is 50.8. The van der Waals surface area contributed by atoms with Gasteiger partial charge in [-0.05, 0) is 158 Å². The van der Waals surface area contributed by atoms with E-state index in [9.17, 15) is 0 Å². The molecule has 0 radical (unpaired) electrons. The molecule has 0 amide bonds. The van der Waals surface area contributed by atoms with Gasteiger partial charge in [0.15, 0.2) is 0 Å². The molecule has 1 heterocycles. The van der Waals surface area contributed by atoms with E-state index in [1.165, 1.54) is 88.4 Å². The van der Waals surface area contributed by atoms with Crippen LogP contribution in [0.15, 0.2) is 193 Å². The van der Waals surface area contributed by atoms with E-state index in [1.54, 1.807) is 0 Å². The average Bonchev–Trinajstić information content (AvgIpc) is 3.39. The molecule has 284 valence electrons. The number of nitrogens with zero attached hydrogens (tertiary/aromatic N) is 2. The molecular formula is C55H48N2S. The maximum atomic E-state index is 2.60. The zero-order valence-electron chi connectivity index (χ0n) is 33.0. The van der Waals surface area contributed by atoms with Crippen LogP contribution in [0.1, 0.15) is 77.0 Å². The highest BCUT2D eigenvalue weighted by molar-refractivity contribution is 7.14. The summed E-state index contributed by atoms with van der Waals surface area (Å²) in [5.41, 5.74) is 18.6. The van der Waals surface area contributed by atoms with E-state index in [0.717, 1.165) is 57.8 Å². The molecule has 1 aromatic heterocycles. The Morgan fingerprint density at radius 1 is 0.483 bits per heavy atom. The Labute approximate surface area is 347 Å². The second kappa shape index (κ2) is 16.4. The third kappa shape index (κ3) is 7.05. The van der Waals surface area contributed by atoms with Gasteiger partial charge in [0.2, 0.25) is 0 Å². The summed E-state index contributed by atoms with van der Waals surface area (Å²) in [6.45, 7) is 0. The van der Waals surface area contributed by atoms with Gasteiger partial charge >= 0.3 is 0 Å². The third-order valence-corrected chi connectivity index (χ3v) is 13.2. The first kappa shape index (κ1) is 36.2. The van der Waals surface area contributed by atoms with Gasteiger partial charge in [0.1, 0.15) is 0 Å². The van der Waals surface area contributed by atoms with Crippen molar-refractivity contribution in [3.63, 3.8) is 0 Å². The quantitative estimate of drug-likeness (QED) is 0.165. The molecule has 0 spiro atoms.